The lowest BCUT2D eigenvalue weighted by Crippen LogP contribution is -2.07. The van der Waals surface area contributed by atoms with Crippen LogP contribution in [-0.4, -0.2) is 26.7 Å². The van der Waals surface area contributed by atoms with Crippen molar-refractivity contribution in [3.05, 3.63) is 68.7 Å². The largest absolute Gasteiger partial charge is 0.358 e. The fourth-order valence-corrected chi connectivity index (χ4v) is 3.65. The summed E-state index contributed by atoms with van der Waals surface area (Å²) < 4.78 is 40.6. The molecule has 0 aliphatic rings. The number of aromatic nitrogens is 3. The van der Waals surface area contributed by atoms with Gasteiger partial charge in [0.15, 0.2) is 11.6 Å². The molecule has 9 heteroatoms. The Balaban J connectivity index is 1.65. The smallest absolute Gasteiger partial charge is 0.200 e. The Morgan fingerprint density at radius 3 is 2.34 bits per heavy atom. The van der Waals surface area contributed by atoms with Crippen molar-refractivity contribution in [2.45, 2.75) is 39.0 Å². The lowest BCUT2D eigenvalue weighted by atomic mass is 10.0. The number of carbonyl (C=O) groups excluding carboxylic acids is 2. The number of ketones is 2. The third kappa shape index (κ3) is 4.97. The van der Waals surface area contributed by atoms with Gasteiger partial charge in [-0.05, 0) is 12.5 Å². The van der Waals surface area contributed by atoms with Gasteiger partial charge in [-0.15, -0.1) is 21.5 Å². The number of aromatic amines is 1. The summed E-state index contributed by atoms with van der Waals surface area (Å²) in [5.41, 5.74) is -0.805. The Bertz CT molecular complexity index is 1020. The number of nitrogens with one attached hydrogen (secondary N) is 1. The average molecular weight is 421 g/mol. The minimum absolute atomic E-state index is 0.0875. The summed E-state index contributed by atoms with van der Waals surface area (Å²) in [5.74, 6) is -4.95. The molecular formula is C20H18F3N3O2S. The maximum Gasteiger partial charge on any atom is 0.200 e. The molecule has 0 unspecified atom stereocenters. The van der Waals surface area contributed by atoms with E-state index in [4.69, 9.17) is 0 Å². The highest BCUT2D eigenvalue weighted by atomic mass is 32.1. The number of halogens is 3. The maximum atomic E-state index is 13.8. The Labute approximate surface area is 169 Å². The van der Waals surface area contributed by atoms with Crippen LogP contribution in [-0.2, 0) is 12.8 Å². The molecule has 0 saturated carbocycles. The van der Waals surface area contributed by atoms with Crippen LogP contribution >= 0.6 is 11.3 Å². The number of benzene rings is 1. The molecule has 2 aromatic heterocycles. The lowest BCUT2D eigenvalue weighted by Gasteiger charge is -2.02. The molecule has 0 atom stereocenters. The number of carbonyl (C=O) groups is 2. The van der Waals surface area contributed by atoms with Crippen molar-refractivity contribution >= 4 is 22.9 Å². The zero-order valence-electron chi connectivity index (χ0n) is 15.6. The number of hydrogen-bond donors (Lipinski definition) is 1. The molecule has 1 N–H and O–H groups in total. The van der Waals surface area contributed by atoms with Gasteiger partial charge >= 0.3 is 0 Å². The van der Waals surface area contributed by atoms with Gasteiger partial charge in [0.05, 0.1) is 11.3 Å². The van der Waals surface area contributed by atoms with Gasteiger partial charge in [0, 0.05) is 43.2 Å². The fourth-order valence-electron chi connectivity index (χ4n) is 2.76. The van der Waals surface area contributed by atoms with Crippen LogP contribution in [0.2, 0.25) is 0 Å². The summed E-state index contributed by atoms with van der Waals surface area (Å²) in [5, 5.41) is 9.86. The van der Waals surface area contributed by atoms with Crippen molar-refractivity contribution in [1.82, 2.24) is 15.2 Å². The van der Waals surface area contributed by atoms with Crippen LogP contribution in [0.4, 0.5) is 13.2 Å². The van der Waals surface area contributed by atoms with Gasteiger partial charge in [0.25, 0.3) is 0 Å². The molecule has 0 radical (unpaired) electrons. The van der Waals surface area contributed by atoms with E-state index >= 15 is 0 Å². The van der Waals surface area contributed by atoms with E-state index < -0.39 is 28.8 Å². The molecule has 0 fully saturated rings. The fraction of sp³-hybridized carbons (Fsp3) is 0.300. The number of hydrogen-bond acceptors (Lipinski definition) is 5. The quantitative estimate of drug-likeness (QED) is 0.510. The van der Waals surface area contributed by atoms with Gasteiger partial charge in [0.1, 0.15) is 27.5 Å². The summed E-state index contributed by atoms with van der Waals surface area (Å²) >= 11 is 1.47. The van der Waals surface area contributed by atoms with Crippen molar-refractivity contribution in [3.8, 4) is 0 Å². The molecule has 5 nitrogen and oxygen atoms in total. The van der Waals surface area contributed by atoms with Gasteiger partial charge in [-0.3, -0.25) is 9.59 Å². The summed E-state index contributed by atoms with van der Waals surface area (Å²) in [6, 6.07) is 2.11. The second-order valence-corrected chi connectivity index (χ2v) is 7.64. The van der Waals surface area contributed by atoms with E-state index in [1.165, 1.54) is 23.6 Å². The van der Waals surface area contributed by atoms with Crippen LogP contribution in [0, 0.1) is 17.5 Å². The highest BCUT2D eigenvalue weighted by Crippen LogP contribution is 2.20. The summed E-state index contributed by atoms with van der Waals surface area (Å²) in [6.07, 6.45) is 4.71. The van der Waals surface area contributed by atoms with Crippen molar-refractivity contribution in [2.75, 3.05) is 0 Å². The minimum atomic E-state index is -1.29. The molecular weight excluding hydrogens is 403 g/mol. The average Bonchev–Trinajstić information content (AvgIpc) is 3.33. The number of unbranched alkanes of at least 4 members (excludes halogenated alkanes) is 1. The molecule has 2 heterocycles. The van der Waals surface area contributed by atoms with E-state index in [1.54, 1.807) is 0 Å². The number of nitrogens with zero attached hydrogens (tertiary/aromatic N) is 2. The first-order chi connectivity index (χ1) is 13.9. The topological polar surface area (TPSA) is 75.7 Å². The third-order valence-corrected chi connectivity index (χ3v) is 5.34. The van der Waals surface area contributed by atoms with Crippen LogP contribution in [0.15, 0.2) is 24.4 Å². The Hall–Kier alpha value is -2.81. The van der Waals surface area contributed by atoms with Gasteiger partial charge in [-0.2, -0.15) is 0 Å². The monoisotopic (exact) mass is 421 g/mol. The van der Waals surface area contributed by atoms with Crippen LogP contribution < -0.4 is 0 Å². The molecule has 0 spiro atoms. The molecule has 3 aromatic rings. The lowest BCUT2D eigenvalue weighted by molar-refractivity contribution is 0.0978. The van der Waals surface area contributed by atoms with Crippen molar-refractivity contribution in [2.24, 2.45) is 0 Å². The van der Waals surface area contributed by atoms with Crippen LogP contribution in [0.1, 0.15) is 62.6 Å². The molecule has 29 heavy (non-hydrogen) atoms. The zero-order valence-corrected chi connectivity index (χ0v) is 16.4. The van der Waals surface area contributed by atoms with Crippen LogP contribution in [0.3, 0.4) is 0 Å². The Morgan fingerprint density at radius 1 is 1.03 bits per heavy atom. The highest BCUT2D eigenvalue weighted by molar-refractivity contribution is 7.11. The first kappa shape index (κ1) is 20.9. The number of H-pyrrole nitrogens is 1. The van der Waals surface area contributed by atoms with E-state index in [-0.39, 0.29) is 23.5 Å². The maximum absolute atomic E-state index is 13.8. The van der Waals surface area contributed by atoms with E-state index in [2.05, 4.69) is 22.1 Å². The predicted octanol–water partition coefficient (Wildman–Crippen LogP) is 4.67. The van der Waals surface area contributed by atoms with Crippen molar-refractivity contribution < 1.29 is 22.8 Å². The zero-order chi connectivity index (χ0) is 21.0. The second kappa shape index (κ2) is 9.13. The molecule has 0 aliphatic heterocycles. The molecule has 0 amide bonds. The number of aryl methyl sites for hydroxylation is 2. The van der Waals surface area contributed by atoms with Crippen molar-refractivity contribution in [3.63, 3.8) is 0 Å². The second-order valence-electron chi connectivity index (χ2n) is 6.49. The summed E-state index contributed by atoms with van der Waals surface area (Å²) in [4.78, 5) is 27.4. The molecule has 0 saturated heterocycles. The molecule has 0 aliphatic carbocycles. The van der Waals surface area contributed by atoms with E-state index in [1.807, 2.05) is 0 Å². The van der Waals surface area contributed by atoms with E-state index in [0.29, 0.717) is 18.6 Å². The first-order valence-electron chi connectivity index (χ1n) is 9.11. The highest BCUT2D eigenvalue weighted by Gasteiger charge is 2.22. The molecule has 1 aromatic carbocycles. The van der Waals surface area contributed by atoms with Crippen LogP contribution in [0.5, 0.6) is 0 Å². The Kier molecular flexibility index (Phi) is 6.58. The van der Waals surface area contributed by atoms with Gasteiger partial charge in [-0.1, -0.05) is 13.3 Å². The SMILES string of the molecule is CCCCc1nnc(CCC(=O)c2cc(C(=O)c3c(F)cc(F)cc3F)c[nH]2)s1. The van der Waals surface area contributed by atoms with E-state index in [0.717, 1.165) is 29.3 Å². The van der Waals surface area contributed by atoms with Gasteiger partial charge in [-0.25, -0.2) is 13.2 Å². The van der Waals surface area contributed by atoms with Crippen LogP contribution in [0.25, 0.3) is 0 Å². The number of Topliss-reactive ketones (excluding diaryl/α,β-unsaturated/α-hetero) is 1. The predicted molar refractivity (Wildman–Crippen MR) is 102 cm³/mol. The van der Waals surface area contributed by atoms with E-state index in [9.17, 15) is 22.8 Å². The first-order valence-corrected chi connectivity index (χ1v) is 9.92. The molecule has 3 rings (SSSR count). The minimum Gasteiger partial charge on any atom is -0.358 e. The normalized spacial score (nSPS) is 11.0. The Morgan fingerprint density at radius 2 is 1.69 bits per heavy atom. The standard InChI is InChI=1S/C20H18F3N3O2S/c1-2-3-4-17-25-26-18(29-17)6-5-16(27)15-7-11(10-24-15)20(28)19-13(22)8-12(21)9-14(19)23/h7-10,24H,2-6H2,1H3. The van der Waals surface area contributed by atoms with Crippen molar-refractivity contribution in [1.29, 1.82) is 0 Å². The summed E-state index contributed by atoms with van der Waals surface area (Å²) in [7, 11) is 0. The number of rotatable bonds is 9. The molecule has 0 bridgehead atoms. The van der Waals surface area contributed by atoms with Gasteiger partial charge in [0.2, 0.25) is 0 Å². The van der Waals surface area contributed by atoms with Gasteiger partial charge < -0.3 is 4.98 Å². The molecule has 152 valence electrons. The third-order valence-electron chi connectivity index (χ3n) is 4.30. The summed E-state index contributed by atoms with van der Waals surface area (Å²) in [6.45, 7) is 2.09.